The van der Waals surface area contributed by atoms with Crippen LogP contribution in [0.15, 0.2) is 72.9 Å². The lowest BCUT2D eigenvalue weighted by molar-refractivity contribution is -0.870. The molecular weight excluding hydrogens is 1030 g/mol. The third kappa shape index (κ3) is 66.1. The van der Waals surface area contributed by atoms with Crippen molar-refractivity contribution in [2.24, 2.45) is 0 Å². The van der Waals surface area contributed by atoms with Gasteiger partial charge in [-0.25, -0.2) is 0 Å². The molecule has 0 saturated heterocycles. The molecule has 482 valence electrons. The van der Waals surface area contributed by atoms with Gasteiger partial charge in [0.25, 0.3) is 0 Å². The van der Waals surface area contributed by atoms with Gasteiger partial charge in [-0.1, -0.05) is 292 Å². The van der Waals surface area contributed by atoms with E-state index in [2.05, 4.69) is 86.8 Å². The molecule has 9 nitrogen and oxygen atoms in total. The Bertz CT molecular complexity index is 1590. The molecule has 2 atom stereocenters. The molecular formula is C74H133NO8. The van der Waals surface area contributed by atoms with E-state index in [1.54, 1.807) is 0 Å². The van der Waals surface area contributed by atoms with Gasteiger partial charge in [0.2, 0.25) is 0 Å². The average molecular weight is 1160 g/mol. The third-order valence-electron chi connectivity index (χ3n) is 15.4. The molecule has 0 aromatic heterocycles. The van der Waals surface area contributed by atoms with Crippen LogP contribution in [0.1, 0.15) is 322 Å². The first kappa shape index (κ1) is 79.7. The molecule has 0 rings (SSSR count). The summed E-state index contributed by atoms with van der Waals surface area (Å²) in [5.41, 5.74) is 0. The Balaban J connectivity index is 4.12. The number of esters is 2. The van der Waals surface area contributed by atoms with Crippen LogP contribution in [0, 0.1) is 0 Å². The van der Waals surface area contributed by atoms with Gasteiger partial charge in [0.05, 0.1) is 40.3 Å². The van der Waals surface area contributed by atoms with E-state index in [4.69, 9.17) is 18.9 Å². The standard InChI is InChI=1S/C74H133NO8/c1-6-8-10-12-14-16-18-20-22-24-26-28-30-32-34-36-38-40-42-44-46-48-50-52-54-56-58-60-62-64-71(76)81-68-70(69-82-74(73(78)79)80-67-66-75(3,4)5)83-72(77)65-63-61-59-57-55-53-51-49-47-45-43-41-39-37-35-33-31-29-27-25-23-21-19-17-15-13-11-9-7-2/h18-21,24-27,30-33,70,74H,6-17,22-23,28-29,34-69H2,1-5H3/b20-18-,21-19-,26-24-,27-25-,32-30-,33-31-. The summed E-state index contributed by atoms with van der Waals surface area (Å²) in [5.74, 6) is -2.27. The van der Waals surface area contributed by atoms with Crippen molar-refractivity contribution in [2.45, 2.75) is 334 Å². The molecule has 9 heteroatoms. The summed E-state index contributed by atoms with van der Waals surface area (Å²) in [7, 11) is 5.93. The van der Waals surface area contributed by atoms with E-state index >= 15 is 0 Å². The number of quaternary nitrogens is 1. The summed E-state index contributed by atoms with van der Waals surface area (Å²) in [4.78, 5) is 37.5. The number of allylic oxidation sites excluding steroid dienone is 12. The van der Waals surface area contributed by atoms with Crippen molar-refractivity contribution < 1.29 is 42.9 Å². The second-order valence-electron chi connectivity index (χ2n) is 24.8. The van der Waals surface area contributed by atoms with Crippen molar-refractivity contribution in [2.75, 3.05) is 47.5 Å². The quantitative estimate of drug-likeness (QED) is 0.0195. The smallest absolute Gasteiger partial charge is 0.306 e. The van der Waals surface area contributed by atoms with Crippen LogP contribution in [0.4, 0.5) is 0 Å². The fourth-order valence-electron chi connectivity index (χ4n) is 10.0. The Morgan fingerprint density at radius 1 is 0.361 bits per heavy atom. The van der Waals surface area contributed by atoms with Gasteiger partial charge in [-0.2, -0.15) is 0 Å². The predicted octanol–water partition coefficient (Wildman–Crippen LogP) is 20.4. The summed E-state index contributed by atoms with van der Waals surface area (Å²) in [6.45, 7) is 4.76. The number of carbonyl (C=O) groups is 3. The fourth-order valence-corrected chi connectivity index (χ4v) is 10.0. The first-order valence-electron chi connectivity index (χ1n) is 35.1. The van der Waals surface area contributed by atoms with E-state index < -0.39 is 24.3 Å². The highest BCUT2D eigenvalue weighted by Crippen LogP contribution is 2.17. The number of carboxylic acids is 1. The van der Waals surface area contributed by atoms with Crippen molar-refractivity contribution in [3.8, 4) is 0 Å². The molecule has 0 spiro atoms. The van der Waals surface area contributed by atoms with E-state index in [1.807, 2.05) is 21.1 Å². The molecule has 0 saturated carbocycles. The molecule has 0 aliphatic heterocycles. The minimum Gasteiger partial charge on any atom is -0.545 e. The number of likely N-dealkylation sites (N-methyl/N-ethyl adjacent to an activating group) is 1. The predicted molar refractivity (Wildman–Crippen MR) is 352 cm³/mol. The monoisotopic (exact) mass is 1160 g/mol. The van der Waals surface area contributed by atoms with E-state index in [1.165, 1.54) is 225 Å². The number of hydrogen-bond acceptors (Lipinski definition) is 8. The maximum atomic E-state index is 12.9. The second kappa shape index (κ2) is 64.7. The van der Waals surface area contributed by atoms with E-state index in [9.17, 15) is 19.5 Å². The lowest BCUT2D eigenvalue weighted by atomic mass is 10.0. The fraction of sp³-hybridized carbons (Fsp3) is 0.797. The maximum absolute atomic E-state index is 12.9. The average Bonchev–Trinajstić information content (AvgIpc) is 3.47. The molecule has 0 amide bonds. The van der Waals surface area contributed by atoms with Crippen LogP contribution in [-0.4, -0.2) is 82.3 Å². The molecule has 0 aliphatic rings. The van der Waals surface area contributed by atoms with Crippen molar-refractivity contribution in [3.05, 3.63) is 72.9 Å². The van der Waals surface area contributed by atoms with Crippen LogP contribution in [0.25, 0.3) is 0 Å². The van der Waals surface area contributed by atoms with Gasteiger partial charge in [0, 0.05) is 12.8 Å². The number of hydrogen-bond donors (Lipinski definition) is 0. The van der Waals surface area contributed by atoms with Crippen molar-refractivity contribution in [3.63, 3.8) is 0 Å². The zero-order chi connectivity index (χ0) is 60.5. The van der Waals surface area contributed by atoms with E-state index in [-0.39, 0.29) is 32.2 Å². The van der Waals surface area contributed by atoms with Gasteiger partial charge < -0.3 is 33.3 Å². The minimum atomic E-state index is -1.62. The molecule has 2 unspecified atom stereocenters. The van der Waals surface area contributed by atoms with Crippen LogP contribution in [-0.2, 0) is 33.3 Å². The molecule has 83 heavy (non-hydrogen) atoms. The second-order valence-corrected chi connectivity index (χ2v) is 24.8. The van der Waals surface area contributed by atoms with Gasteiger partial charge in [-0.3, -0.25) is 9.59 Å². The van der Waals surface area contributed by atoms with Crippen LogP contribution >= 0.6 is 0 Å². The summed E-state index contributed by atoms with van der Waals surface area (Å²) in [6.07, 6.45) is 82.6. The number of carboxylic acid groups (broad SMARTS) is 1. The topological polar surface area (TPSA) is 111 Å². The first-order valence-corrected chi connectivity index (χ1v) is 35.1. The van der Waals surface area contributed by atoms with Gasteiger partial charge >= 0.3 is 11.9 Å². The molecule has 0 fully saturated rings. The lowest BCUT2D eigenvalue weighted by Crippen LogP contribution is -2.44. The zero-order valence-corrected chi connectivity index (χ0v) is 55.1. The van der Waals surface area contributed by atoms with Gasteiger partial charge in [-0.05, 0) is 89.9 Å². The van der Waals surface area contributed by atoms with Gasteiger partial charge in [-0.15, -0.1) is 0 Å². The summed E-state index contributed by atoms with van der Waals surface area (Å²) < 4.78 is 22.8. The SMILES string of the molecule is CCCCCCC/C=C\C/C=C\C/C=C\CCCCCCCCCCCCCCCCC(=O)OCC(COC(OCC[N+](C)(C)C)C(=O)[O-])OC(=O)CCCCCCCCCCCCCCCC/C=C\C/C=C\C/C=C\CCCCCCC. The highest BCUT2D eigenvalue weighted by Gasteiger charge is 2.22. The summed E-state index contributed by atoms with van der Waals surface area (Å²) >= 11 is 0. The minimum absolute atomic E-state index is 0.146. The molecule has 0 aromatic rings. The van der Waals surface area contributed by atoms with Crippen molar-refractivity contribution >= 4 is 17.9 Å². The van der Waals surface area contributed by atoms with Crippen molar-refractivity contribution in [1.29, 1.82) is 0 Å². The Labute approximate surface area is 513 Å². The van der Waals surface area contributed by atoms with Crippen LogP contribution in [0.2, 0.25) is 0 Å². The molecule has 0 radical (unpaired) electrons. The zero-order valence-electron chi connectivity index (χ0n) is 55.1. The Morgan fingerprint density at radius 3 is 0.964 bits per heavy atom. The van der Waals surface area contributed by atoms with Crippen molar-refractivity contribution in [1.82, 2.24) is 0 Å². The van der Waals surface area contributed by atoms with Crippen LogP contribution in [0.3, 0.4) is 0 Å². The maximum Gasteiger partial charge on any atom is 0.306 e. The molecule has 0 aliphatic carbocycles. The molecule has 0 bridgehead atoms. The third-order valence-corrected chi connectivity index (χ3v) is 15.4. The Hall–Kier alpha value is -3.27. The normalized spacial score (nSPS) is 13.1. The van der Waals surface area contributed by atoms with Crippen LogP contribution in [0.5, 0.6) is 0 Å². The van der Waals surface area contributed by atoms with Gasteiger partial charge in [0.15, 0.2) is 12.4 Å². The first-order chi connectivity index (χ1) is 40.6. The Morgan fingerprint density at radius 2 is 0.651 bits per heavy atom. The van der Waals surface area contributed by atoms with E-state index in [0.29, 0.717) is 23.9 Å². The Kier molecular flexibility index (Phi) is 62.2. The summed E-state index contributed by atoms with van der Waals surface area (Å²) in [5, 5.41) is 11.8. The number of carbonyl (C=O) groups excluding carboxylic acids is 3. The van der Waals surface area contributed by atoms with E-state index in [0.717, 1.165) is 64.2 Å². The number of unbranched alkanes of at least 4 members (excludes halogenated alkanes) is 38. The summed E-state index contributed by atoms with van der Waals surface area (Å²) in [6, 6.07) is 0. The highest BCUT2D eigenvalue weighted by molar-refractivity contribution is 5.70. The molecule has 0 N–H and O–H groups in total. The number of nitrogens with zero attached hydrogens (tertiary/aromatic N) is 1. The molecule has 0 aromatic carbocycles. The lowest BCUT2D eigenvalue weighted by Gasteiger charge is -2.26. The molecule has 0 heterocycles. The highest BCUT2D eigenvalue weighted by atomic mass is 16.7. The number of aliphatic carboxylic acids is 1. The van der Waals surface area contributed by atoms with Crippen LogP contribution < -0.4 is 5.11 Å². The largest absolute Gasteiger partial charge is 0.545 e. The number of ether oxygens (including phenoxy) is 4. The van der Waals surface area contributed by atoms with Gasteiger partial charge in [0.1, 0.15) is 13.2 Å². The number of rotatable bonds is 65.